The van der Waals surface area contributed by atoms with Gasteiger partial charge in [-0.1, -0.05) is 12.1 Å². The lowest BCUT2D eigenvalue weighted by Crippen LogP contribution is -2.44. The molecule has 19 heavy (non-hydrogen) atoms. The molecule has 1 aromatic heterocycles. The maximum atomic E-state index is 12.1. The Labute approximate surface area is 112 Å². The zero-order chi connectivity index (χ0) is 14.8. The highest BCUT2D eigenvalue weighted by Crippen LogP contribution is 2.14. The fourth-order valence-corrected chi connectivity index (χ4v) is 1.71. The van der Waals surface area contributed by atoms with E-state index in [0.29, 0.717) is 12.1 Å². The van der Waals surface area contributed by atoms with Gasteiger partial charge in [-0.05, 0) is 34.1 Å². The number of aromatic carboxylic acids is 1. The number of nitrogens with zero attached hydrogens (tertiary/aromatic N) is 3. The summed E-state index contributed by atoms with van der Waals surface area (Å²) in [7, 11) is 0. The van der Waals surface area contributed by atoms with Gasteiger partial charge in [0.1, 0.15) is 6.04 Å². The van der Waals surface area contributed by atoms with E-state index in [1.807, 2.05) is 20.8 Å². The predicted molar refractivity (Wildman–Crippen MR) is 69.0 cm³/mol. The molecule has 1 rings (SSSR count). The Bertz CT molecular complexity index is 488. The lowest BCUT2D eigenvalue weighted by Gasteiger charge is -2.23. The highest BCUT2D eigenvalue weighted by atomic mass is 16.4. The minimum absolute atomic E-state index is 0.0992. The molecule has 106 valence electrons. The quantitative estimate of drug-likeness (QED) is 0.849. The predicted octanol–water partition coefficient (Wildman–Crippen LogP) is 1.01. The molecule has 2 N–H and O–H groups in total. The van der Waals surface area contributed by atoms with E-state index in [-0.39, 0.29) is 17.1 Å². The second kappa shape index (κ2) is 5.38. The number of aromatic nitrogens is 3. The van der Waals surface area contributed by atoms with Gasteiger partial charge in [-0.15, -0.1) is 5.10 Å². The highest BCUT2D eigenvalue weighted by molar-refractivity contribution is 5.87. The molecule has 1 atom stereocenters. The van der Waals surface area contributed by atoms with Crippen molar-refractivity contribution in [2.45, 2.75) is 52.6 Å². The molecule has 0 aromatic carbocycles. The lowest BCUT2D eigenvalue weighted by molar-refractivity contribution is -0.125. The first-order valence-electron chi connectivity index (χ1n) is 6.16. The van der Waals surface area contributed by atoms with Crippen LogP contribution in [0.4, 0.5) is 0 Å². The molecular weight excluding hydrogens is 248 g/mol. The van der Waals surface area contributed by atoms with Gasteiger partial charge < -0.3 is 10.4 Å². The molecule has 0 saturated heterocycles. The third-order valence-electron chi connectivity index (χ3n) is 2.57. The van der Waals surface area contributed by atoms with Gasteiger partial charge in [0.25, 0.3) is 0 Å². The van der Waals surface area contributed by atoms with E-state index in [1.165, 1.54) is 4.68 Å². The Morgan fingerprint density at radius 2 is 2.00 bits per heavy atom. The van der Waals surface area contributed by atoms with Crippen LogP contribution in [0.5, 0.6) is 0 Å². The second-order valence-electron chi connectivity index (χ2n) is 5.40. The second-order valence-corrected chi connectivity index (χ2v) is 5.40. The van der Waals surface area contributed by atoms with Gasteiger partial charge in [-0.25, -0.2) is 9.48 Å². The zero-order valence-electron chi connectivity index (χ0n) is 11.9. The van der Waals surface area contributed by atoms with Gasteiger partial charge >= 0.3 is 5.97 Å². The average Bonchev–Trinajstić information content (AvgIpc) is 2.68. The van der Waals surface area contributed by atoms with Gasteiger partial charge in [0.15, 0.2) is 5.69 Å². The number of carboxylic acids is 1. The Morgan fingerprint density at radius 3 is 2.42 bits per heavy atom. The normalized spacial score (nSPS) is 13.1. The summed E-state index contributed by atoms with van der Waals surface area (Å²) in [6, 6.07) is -0.602. The van der Waals surface area contributed by atoms with E-state index in [2.05, 4.69) is 15.6 Å². The van der Waals surface area contributed by atoms with Crippen LogP contribution in [0.25, 0.3) is 0 Å². The van der Waals surface area contributed by atoms with Crippen LogP contribution < -0.4 is 5.32 Å². The molecule has 1 heterocycles. The van der Waals surface area contributed by atoms with E-state index >= 15 is 0 Å². The van der Waals surface area contributed by atoms with Gasteiger partial charge in [-0.3, -0.25) is 4.79 Å². The number of carbonyl (C=O) groups is 2. The Morgan fingerprint density at radius 1 is 1.42 bits per heavy atom. The molecular formula is C12H20N4O3. The molecule has 0 aliphatic carbocycles. The smallest absolute Gasteiger partial charge is 0.358 e. The summed E-state index contributed by atoms with van der Waals surface area (Å²) in [4.78, 5) is 23.1. The fraction of sp³-hybridized carbons (Fsp3) is 0.667. The summed E-state index contributed by atoms with van der Waals surface area (Å²) >= 11 is 0. The number of carboxylic acid groups (broad SMARTS) is 1. The minimum atomic E-state index is -1.13. The van der Waals surface area contributed by atoms with Crippen LogP contribution >= 0.6 is 0 Å². The van der Waals surface area contributed by atoms with Crippen LogP contribution in [0.3, 0.4) is 0 Å². The van der Waals surface area contributed by atoms with Gasteiger partial charge in [0.2, 0.25) is 5.91 Å². The van der Waals surface area contributed by atoms with Crippen LogP contribution in [0, 0.1) is 0 Å². The number of hydrogen-bond acceptors (Lipinski definition) is 4. The van der Waals surface area contributed by atoms with Crippen LogP contribution in [0.2, 0.25) is 0 Å². The van der Waals surface area contributed by atoms with Crippen molar-refractivity contribution in [1.29, 1.82) is 0 Å². The van der Waals surface area contributed by atoms with E-state index in [4.69, 9.17) is 5.11 Å². The number of amides is 1. The summed E-state index contributed by atoms with van der Waals surface area (Å²) in [6.07, 6.45) is 0.446. The minimum Gasteiger partial charge on any atom is -0.476 e. The molecule has 0 saturated carbocycles. The van der Waals surface area contributed by atoms with Crippen molar-refractivity contribution in [1.82, 2.24) is 20.3 Å². The van der Waals surface area contributed by atoms with E-state index < -0.39 is 12.0 Å². The molecule has 0 radical (unpaired) electrons. The van der Waals surface area contributed by atoms with Crippen molar-refractivity contribution in [3.8, 4) is 0 Å². The Kier molecular flexibility index (Phi) is 4.28. The van der Waals surface area contributed by atoms with Crippen molar-refractivity contribution >= 4 is 11.9 Å². The monoisotopic (exact) mass is 268 g/mol. The van der Waals surface area contributed by atoms with E-state index in [1.54, 1.807) is 13.8 Å². The summed E-state index contributed by atoms with van der Waals surface area (Å²) in [5.41, 5.74) is -0.00420. The SMILES string of the molecule is CCc1c(C(=O)O)nnn1C(C)C(=O)NC(C)(C)C. The number of rotatable bonds is 4. The first-order valence-corrected chi connectivity index (χ1v) is 6.16. The first kappa shape index (κ1) is 15.1. The summed E-state index contributed by atoms with van der Waals surface area (Å²) in [5, 5.41) is 19.2. The third-order valence-corrected chi connectivity index (χ3v) is 2.57. The molecule has 0 spiro atoms. The standard InChI is InChI=1S/C12H20N4O3/c1-6-8-9(11(18)19)14-15-16(8)7(2)10(17)13-12(3,4)5/h7H,6H2,1-5H3,(H,13,17)(H,18,19). The Hall–Kier alpha value is -1.92. The maximum Gasteiger partial charge on any atom is 0.358 e. The van der Waals surface area contributed by atoms with Crippen molar-refractivity contribution in [3.05, 3.63) is 11.4 Å². The van der Waals surface area contributed by atoms with E-state index in [9.17, 15) is 9.59 Å². The average molecular weight is 268 g/mol. The van der Waals surface area contributed by atoms with Crippen molar-refractivity contribution < 1.29 is 14.7 Å². The Balaban J connectivity index is 3.03. The maximum absolute atomic E-state index is 12.1. The first-order chi connectivity index (χ1) is 8.67. The topological polar surface area (TPSA) is 97.1 Å². The molecule has 0 bridgehead atoms. The summed E-state index contributed by atoms with van der Waals surface area (Å²) in [6.45, 7) is 9.10. The van der Waals surface area contributed by atoms with E-state index in [0.717, 1.165) is 0 Å². The number of carbonyl (C=O) groups excluding carboxylic acids is 1. The molecule has 7 heteroatoms. The molecule has 7 nitrogen and oxygen atoms in total. The van der Waals surface area contributed by atoms with Crippen molar-refractivity contribution in [2.75, 3.05) is 0 Å². The summed E-state index contributed by atoms with van der Waals surface area (Å²) in [5.74, 6) is -1.35. The van der Waals surface area contributed by atoms with Gasteiger partial charge in [-0.2, -0.15) is 0 Å². The summed E-state index contributed by atoms with van der Waals surface area (Å²) < 4.78 is 1.37. The van der Waals surface area contributed by atoms with Crippen LogP contribution in [-0.4, -0.2) is 37.5 Å². The molecule has 1 unspecified atom stereocenters. The van der Waals surface area contributed by atoms with Crippen LogP contribution in [0.15, 0.2) is 0 Å². The van der Waals surface area contributed by atoms with Crippen molar-refractivity contribution in [3.63, 3.8) is 0 Å². The molecule has 1 amide bonds. The molecule has 0 fully saturated rings. The number of hydrogen-bond donors (Lipinski definition) is 2. The van der Waals surface area contributed by atoms with Crippen molar-refractivity contribution in [2.24, 2.45) is 0 Å². The van der Waals surface area contributed by atoms with Gasteiger partial charge in [0, 0.05) is 5.54 Å². The number of nitrogens with one attached hydrogen (secondary N) is 1. The van der Waals surface area contributed by atoms with Crippen LogP contribution in [-0.2, 0) is 11.2 Å². The zero-order valence-corrected chi connectivity index (χ0v) is 11.9. The lowest BCUT2D eigenvalue weighted by atomic mass is 10.1. The third kappa shape index (κ3) is 3.52. The molecule has 0 aliphatic rings. The largest absolute Gasteiger partial charge is 0.476 e. The fourth-order valence-electron chi connectivity index (χ4n) is 1.71. The molecule has 0 aliphatic heterocycles. The van der Waals surface area contributed by atoms with Gasteiger partial charge in [0.05, 0.1) is 5.69 Å². The van der Waals surface area contributed by atoms with Crippen LogP contribution in [0.1, 0.15) is 56.8 Å². The highest BCUT2D eigenvalue weighted by Gasteiger charge is 2.26. The molecule has 1 aromatic rings.